The van der Waals surface area contributed by atoms with Gasteiger partial charge in [-0.3, -0.25) is 4.79 Å². The summed E-state index contributed by atoms with van der Waals surface area (Å²) in [6.45, 7) is 2.12. The Morgan fingerprint density at radius 3 is 2.58 bits per heavy atom. The summed E-state index contributed by atoms with van der Waals surface area (Å²) in [7, 11) is 0. The Hall–Kier alpha value is -3.01. The Kier molecular flexibility index (Phi) is 3.56. The zero-order chi connectivity index (χ0) is 17.5. The summed E-state index contributed by atoms with van der Waals surface area (Å²) in [5.41, 5.74) is 4.84. The van der Waals surface area contributed by atoms with Crippen LogP contribution in [0.1, 0.15) is 30.4 Å². The number of para-hydroxylation sites is 2. The number of amides is 1. The molecule has 4 heteroatoms. The number of rotatable bonds is 2. The molecular formula is C22H21N3O. The summed E-state index contributed by atoms with van der Waals surface area (Å²) in [6, 6.07) is 16.2. The van der Waals surface area contributed by atoms with Crippen molar-refractivity contribution in [2.45, 2.75) is 19.3 Å². The van der Waals surface area contributed by atoms with Crippen LogP contribution in [0.3, 0.4) is 0 Å². The lowest BCUT2D eigenvalue weighted by molar-refractivity contribution is -0.110. The highest BCUT2D eigenvalue weighted by Gasteiger charge is 2.25. The summed E-state index contributed by atoms with van der Waals surface area (Å²) in [4.78, 5) is 18.6. The molecule has 2 aromatic carbocycles. The van der Waals surface area contributed by atoms with E-state index in [-0.39, 0.29) is 5.91 Å². The number of hydrogen-bond acceptors (Lipinski definition) is 2. The van der Waals surface area contributed by atoms with Crippen molar-refractivity contribution in [3.8, 4) is 0 Å². The summed E-state index contributed by atoms with van der Waals surface area (Å²) in [5.74, 6) is 1.11. The fraction of sp³-hybridized carbons (Fsp3) is 0.227. The van der Waals surface area contributed by atoms with Crippen LogP contribution in [-0.2, 0) is 4.79 Å². The van der Waals surface area contributed by atoms with E-state index < -0.39 is 0 Å². The van der Waals surface area contributed by atoms with Crippen LogP contribution >= 0.6 is 0 Å². The Balaban J connectivity index is 1.70. The van der Waals surface area contributed by atoms with E-state index in [1.54, 1.807) is 0 Å². The average Bonchev–Trinajstić information content (AvgIpc) is 3.21. The first-order valence-corrected chi connectivity index (χ1v) is 9.29. The molecule has 1 fully saturated rings. The lowest BCUT2D eigenvalue weighted by atomic mass is 10.0. The molecule has 1 amide bonds. The van der Waals surface area contributed by atoms with E-state index in [0.29, 0.717) is 0 Å². The van der Waals surface area contributed by atoms with Gasteiger partial charge < -0.3 is 15.2 Å². The third-order valence-electron chi connectivity index (χ3n) is 5.40. The average molecular weight is 343 g/mol. The maximum atomic E-state index is 12.6. The Morgan fingerprint density at radius 1 is 0.923 bits per heavy atom. The molecular weight excluding hydrogens is 322 g/mol. The van der Waals surface area contributed by atoms with Crippen molar-refractivity contribution < 1.29 is 4.79 Å². The van der Waals surface area contributed by atoms with E-state index in [2.05, 4.69) is 39.5 Å². The number of aromatic nitrogens is 1. The summed E-state index contributed by atoms with van der Waals surface area (Å²) in [5, 5.41) is 4.14. The zero-order valence-electron chi connectivity index (χ0n) is 14.6. The van der Waals surface area contributed by atoms with Crippen molar-refractivity contribution >= 4 is 40.0 Å². The van der Waals surface area contributed by atoms with Crippen molar-refractivity contribution in [3.63, 3.8) is 0 Å². The number of benzene rings is 2. The smallest absolute Gasteiger partial charge is 0.256 e. The van der Waals surface area contributed by atoms with Gasteiger partial charge in [-0.1, -0.05) is 36.4 Å². The third-order valence-corrected chi connectivity index (χ3v) is 5.40. The standard InChI is InChI=1S/C22H21N3O/c26-22-18(16-9-3-5-11-20(16)24-22)14-17-15-8-2-4-10-19(15)23-21(17)25-12-6-1-7-13-25/h2-5,8-11,14,23H,1,6-7,12-13H2,(H,24,26). The molecule has 2 aliphatic heterocycles. The van der Waals surface area contributed by atoms with Crippen LogP contribution in [0.15, 0.2) is 48.5 Å². The maximum Gasteiger partial charge on any atom is 0.256 e. The second-order valence-electron chi connectivity index (χ2n) is 7.04. The van der Waals surface area contributed by atoms with Crippen LogP contribution < -0.4 is 10.2 Å². The van der Waals surface area contributed by atoms with Crippen LogP contribution in [0.4, 0.5) is 11.5 Å². The van der Waals surface area contributed by atoms with E-state index in [1.165, 1.54) is 19.3 Å². The van der Waals surface area contributed by atoms with Gasteiger partial charge in [0.15, 0.2) is 0 Å². The van der Waals surface area contributed by atoms with Gasteiger partial charge in [-0.2, -0.15) is 0 Å². The molecule has 26 heavy (non-hydrogen) atoms. The van der Waals surface area contributed by atoms with Gasteiger partial charge in [0.25, 0.3) is 5.91 Å². The van der Waals surface area contributed by atoms with Crippen LogP contribution in [0.2, 0.25) is 0 Å². The minimum absolute atomic E-state index is 0.0268. The molecule has 0 spiro atoms. The first-order chi connectivity index (χ1) is 12.8. The molecule has 0 saturated carbocycles. The van der Waals surface area contributed by atoms with E-state index >= 15 is 0 Å². The van der Waals surface area contributed by atoms with Gasteiger partial charge in [-0.15, -0.1) is 0 Å². The SMILES string of the molecule is O=C1Nc2ccccc2C1=Cc1c(N2CCCCC2)[nH]c2ccccc12. The number of anilines is 2. The molecule has 130 valence electrons. The van der Waals surface area contributed by atoms with Crippen LogP contribution in [0.25, 0.3) is 22.6 Å². The number of carbonyl (C=O) groups excluding carboxylic acids is 1. The molecule has 1 saturated heterocycles. The lowest BCUT2D eigenvalue weighted by Crippen LogP contribution is -2.30. The van der Waals surface area contributed by atoms with Gasteiger partial charge in [0.1, 0.15) is 5.82 Å². The van der Waals surface area contributed by atoms with Crippen molar-refractivity contribution in [1.29, 1.82) is 0 Å². The number of hydrogen-bond donors (Lipinski definition) is 2. The van der Waals surface area contributed by atoms with Crippen LogP contribution in [0.5, 0.6) is 0 Å². The highest BCUT2D eigenvalue weighted by atomic mass is 16.2. The van der Waals surface area contributed by atoms with Crippen LogP contribution in [-0.4, -0.2) is 24.0 Å². The molecule has 2 N–H and O–H groups in total. The van der Waals surface area contributed by atoms with Gasteiger partial charge in [0, 0.05) is 46.4 Å². The summed E-state index contributed by atoms with van der Waals surface area (Å²) in [6.07, 6.45) is 5.79. The Bertz CT molecular complexity index is 1020. The molecule has 5 rings (SSSR count). The van der Waals surface area contributed by atoms with Gasteiger partial charge in [-0.25, -0.2) is 0 Å². The number of nitrogens with zero attached hydrogens (tertiary/aromatic N) is 1. The maximum absolute atomic E-state index is 12.6. The number of nitrogens with one attached hydrogen (secondary N) is 2. The largest absolute Gasteiger partial charge is 0.358 e. The minimum atomic E-state index is -0.0268. The van der Waals surface area contributed by atoms with Crippen molar-refractivity contribution in [1.82, 2.24) is 4.98 Å². The minimum Gasteiger partial charge on any atom is -0.358 e. The van der Waals surface area contributed by atoms with Gasteiger partial charge in [0.05, 0.1) is 0 Å². The number of fused-ring (bicyclic) bond motifs is 2. The highest BCUT2D eigenvalue weighted by molar-refractivity contribution is 6.35. The molecule has 0 atom stereocenters. The molecule has 0 radical (unpaired) electrons. The Labute approximate surface area is 152 Å². The zero-order valence-corrected chi connectivity index (χ0v) is 14.6. The topological polar surface area (TPSA) is 48.1 Å². The normalized spacial score (nSPS) is 18.4. The lowest BCUT2D eigenvalue weighted by Gasteiger charge is -2.28. The first-order valence-electron chi connectivity index (χ1n) is 9.29. The highest BCUT2D eigenvalue weighted by Crippen LogP contribution is 2.37. The fourth-order valence-electron chi connectivity index (χ4n) is 4.09. The molecule has 4 nitrogen and oxygen atoms in total. The van der Waals surface area contributed by atoms with E-state index in [4.69, 9.17) is 0 Å². The molecule has 0 bridgehead atoms. The molecule has 2 aliphatic rings. The van der Waals surface area contributed by atoms with E-state index in [1.807, 2.05) is 30.3 Å². The molecule has 1 aromatic heterocycles. The monoisotopic (exact) mass is 343 g/mol. The van der Waals surface area contributed by atoms with E-state index in [9.17, 15) is 4.79 Å². The number of aromatic amines is 1. The predicted octanol–water partition coefficient (Wildman–Crippen LogP) is 4.65. The van der Waals surface area contributed by atoms with Crippen molar-refractivity contribution in [2.75, 3.05) is 23.3 Å². The summed E-state index contributed by atoms with van der Waals surface area (Å²) < 4.78 is 0. The quantitative estimate of drug-likeness (QED) is 0.665. The molecule has 3 aromatic rings. The van der Waals surface area contributed by atoms with Gasteiger partial charge in [-0.05, 0) is 37.5 Å². The van der Waals surface area contributed by atoms with Gasteiger partial charge >= 0.3 is 0 Å². The summed E-state index contributed by atoms with van der Waals surface area (Å²) >= 11 is 0. The van der Waals surface area contributed by atoms with Crippen molar-refractivity contribution in [3.05, 3.63) is 59.7 Å². The second-order valence-corrected chi connectivity index (χ2v) is 7.04. The number of H-pyrrole nitrogens is 1. The van der Waals surface area contributed by atoms with Gasteiger partial charge in [0.2, 0.25) is 0 Å². The number of carbonyl (C=O) groups is 1. The third kappa shape index (κ3) is 2.41. The molecule has 0 aliphatic carbocycles. The molecule has 3 heterocycles. The van der Waals surface area contributed by atoms with Crippen LogP contribution in [0, 0.1) is 0 Å². The van der Waals surface area contributed by atoms with E-state index in [0.717, 1.165) is 52.2 Å². The Morgan fingerprint density at radius 2 is 1.69 bits per heavy atom. The first kappa shape index (κ1) is 15.3. The number of piperidine rings is 1. The fourth-order valence-corrected chi connectivity index (χ4v) is 4.09. The molecule has 0 unspecified atom stereocenters. The second kappa shape index (κ2) is 6.06. The predicted molar refractivity (Wildman–Crippen MR) is 107 cm³/mol. The van der Waals surface area contributed by atoms with Crippen molar-refractivity contribution in [2.24, 2.45) is 0 Å².